The van der Waals surface area contributed by atoms with Gasteiger partial charge >= 0.3 is 0 Å². The van der Waals surface area contributed by atoms with Crippen LogP contribution in [0.25, 0.3) is 21.9 Å². The number of aliphatic hydroxyl groups is 2. The zero-order valence-electron chi connectivity index (χ0n) is 27.7. The summed E-state index contributed by atoms with van der Waals surface area (Å²) >= 11 is 0. The normalized spacial score (nSPS) is 19.6. The summed E-state index contributed by atoms with van der Waals surface area (Å²) < 4.78 is 24.0. The van der Waals surface area contributed by atoms with Gasteiger partial charge < -0.3 is 39.4 Å². The van der Waals surface area contributed by atoms with E-state index in [1.165, 1.54) is 30.3 Å². The zero-order valence-corrected chi connectivity index (χ0v) is 27.7. The molecular formula is C36H45N7O6. The van der Waals surface area contributed by atoms with Crippen LogP contribution in [0.5, 0.6) is 0 Å². The van der Waals surface area contributed by atoms with E-state index in [2.05, 4.69) is 68.0 Å². The molecular weight excluding hydrogens is 626 g/mol. The Bertz CT molecular complexity index is 1690. The highest BCUT2D eigenvalue weighted by atomic mass is 16.5. The highest BCUT2D eigenvalue weighted by Crippen LogP contribution is 2.32. The van der Waals surface area contributed by atoms with Crippen molar-refractivity contribution in [3.8, 4) is 17.2 Å². The number of nitrogens with one attached hydrogen (secondary N) is 1. The molecule has 2 aliphatic heterocycles. The van der Waals surface area contributed by atoms with Crippen LogP contribution in [-0.4, -0.2) is 108 Å². The molecule has 0 radical (unpaired) electrons. The number of benzene rings is 2. The fraction of sp³-hybridized carbons (Fsp3) is 0.500. The minimum atomic E-state index is -0.944. The molecule has 4 heterocycles. The van der Waals surface area contributed by atoms with Crippen molar-refractivity contribution in [2.45, 2.75) is 57.1 Å². The molecule has 2 fully saturated rings. The Morgan fingerprint density at radius 2 is 1.71 bits per heavy atom. The second-order valence-corrected chi connectivity index (χ2v) is 12.4. The molecule has 49 heavy (non-hydrogen) atoms. The van der Waals surface area contributed by atoms with Gasteiger partial charge in [0.2, 0.25) is 0 Å². The lowest BCUT2D eigenvalue weighted by atomic mass is 9.98. The molecule has 0 unspecified atom stereocenters. The lowest BCUT2D eigenvalue weighted by Crippen LogP contribution is -2.46. The first-order valence-electron chi connectivity index (χ1n) is 17.1. The van der Waals surface area contributed by atoms with Crippen LogP contribution < -0.4 is 10.2 Å². The number of piperidine rings is 1. The Morgan fingerprint density at radius 3 is 2.55 bits per heavy atom. The summed E-state index contributed by atoms with van der Waals surface area (Å²) in [5.41, 5.74) is 4.27. The van der Waals surface area contributed by atoms with Crippen molar-refractivity contribution in [3.63, 3.8) is 0 Å². The zero-order chi connectivity index (χ0) is 33.8. The molecule has 2 aromatic carbocycles. The number of rotatable bonds is 16. The highest BCUT2D eigenvalue weighted by Gasteiger charge is 2.32. The van der Waals surface area contributed by atoms with Gasteiger partial charge in [-0.15, -0.1) is 5.10 Å². The number of nitriles is 1. The number of hydrogen-bond donors (Lipinski definition) is 3. The van der Waals surface area contributed by atoms with E-state index in [4.69, 9.17) is 18.9 Å². The van der Waals surface area contributed by atoms with Gasteiger partial charge in [0.25, 0.3) is 0 Å². The Balaban J connectivity index is 0.871. The van der Waals surface area contributed by atoms with Crippen molar-refractivity contribution in [1.29, 1.82) is 5.26 Å². The smallest absolute Gasteiger partial charge is 0.144 e. The molecule has 6 rings (SSSR count). The number of fused-ring (bicyclic) bond motifs is 1. The van der Waals surface area contributed by atoms with E-state index >= 15 is 0 Å². The largest absolute Gasteiger partial charge is 0.390 e. The van der Waals surface area contributed by atoms with E-state index in [1.54, 1.807) is 17.1 Å². The van der Waals surface area contributed by atoms with Crippen LogP contribution in [-0.2, 0) is 32.1 Å². The van der Waals surface area contributed by atoms with Crippen molar-refractivity contribution >= 4 is 22.3 Å². The van der Waals surface area contributed by atoms with Gasteiger partial charge in [-0.3, -0.25) is 0 Å². The summed E-state index contributed by atoms with van der Waals surface area (Å²) in [7, 11) is 0. The molecule has 3 atom stereocenters. The molecule has 2 aromatic heterocycles. The SMILES string of the molecule is N#Cc1c(-c2ccc3cc(N4CCCCC4)ccc3c2)ccnc1NCCOCCOCCOCc1cn(C[C@H]2OCC[C@@H](O)[C@@H]2O)nn1. The number of ether oxygens (including phenoxy) is 4. The Hall–Kier alpha value is -4.16. The minimum Gasteiger partial charge on any atom is -0.390 e. The maximum Gasteiger partial charge on any atom is 0.144 e. The summed E-state index contributed by atoms with van der Waals surface area (Å²) in [5.74, 6) is 0.538. The van der Waals surface area contributed by atoms with Gasteiger partial charge in [0.15, 0.2) is 0 Å². The number of aliphatic hydroxyl groups excluding tert-OH is 2. The average molecular weight is 672 g/mol. The van der Waals surface area contributed by atoms with E-state index in [-0.39, 0.29) is 6.61 Å². The third kappa shape index (κ3) is 9.30. The molecule has 13 heteroatoms. The quantitative estimate of drug-likeness (QED) is 0.149. The van der Waals surface area contributed by atoms with Gasteiger partial charge in [-0.05, 0) is 66.3 Å². The van der Waals surface area contributed by atoms with Crippen molar-refractivity contribution in [2.75, 3.05) is 69.5 Å². The molecule has 2 aliphatic rings. The number of pyridine rings is 1. The topological polar surface area (TPSA) is 160 Å². The summed E-state index contributed by atoms with van der Waals surface area (Å²) in [6, 6.07) is 17.2. The van der Waals surface area contributed by atoms with Crippen LogP contribution in [0.15, 0.2) is 54.9 Å². The molecule has 0 amide bonds. The van der Waals surface area contributed by atoms with E-state index in [1.807, 2.05) is 6.07 Å². The highest BCUT2D eigenvalue weighted by molar-refractivity contribution is 5.91. The standard InChI is InChI=1S/C36H45N7O6/c37-22-32-31(28-5-4-27-21-30(7-6-26(27)20-28)42-12-2-1-3-13-42)8-10-38-36(32)39-11-15-46-16-17-47-18-19-48-25-29-23-43(41-40-29)24-34-35(45)33(44)9-14-49-34/h4-8,10,20-21,23,33-35,44-45H,1-3,9,11-19,24-25H2,(H,38,39)/t33-,34-,35+/m1/s1. The Kier molecular flexibility index (Phi) is 12.4. The van der Waals surface area contributed by atoms with E-state index in [0.29, 0.717) is 76.2 Å². The summed E-state index contributed by atoms with van der Waals surface area (Å²) in [5, 5.41) is 43.6. The van der Waals surface area contributed by atoms with Crippen LogP contribution in [0.2, 0.25) is 0 Å². The monoisotopic (exact) mass is 671 g/mol. The van der Waals surface area contributed by atoms with Crippen molar-refractivity contribution < 1.29 is 29.2 Å². The van der Waals surface area contributed by atoms with Crippen molar-refractivity contribution in [2.24, 2.45) is 0 Å². The number of aromatic nitrogens is 4. The van der Waals surface area contributed by atoms with Crippen molar-refractivity contribution in [1.82, 2.24) is 20.0 Å². The van der Waals surface area contributed by atoms with E-state index in [0.717, 1.165) is 29.6 Å². The van der Waals surface area contributed by atoms with Gasteiger partial charge in [-0.1, -0.05) is 23.4 Å². The molecule has 0 spiro atoms. The summed E-state index contributed by atoms with van der Waals surface area (Å²) in [6.07, 6.45) is 5.44. The molecule has 4 aromatic rings. The molecule has 3 N–H and O–H groups in total. The summed E-state index contributed by atoms with van der Waals surface area (Å²) in [6.45, 7) is 5.80. The average Bonchev–Trinajstić information content (AvgIpc) is 3.59. The lowest BCUT2D eigenvalue weighted by molar-refractivity contribution is -0.140. The van der Waals surface area contributed by atoms with E-state index in [9.17, 15) is 15.5 Å². The van der Waals surface area contributed by atoms with Gasteiger partial charge in [0, 0.05) is 43.7 Å². The maximum absolute atomic E-state index is 10.1. The third-order valence-electron chi connectivity index (χ3n) is 8.93. The molecule has 260 valence electrons. The first-order chi connectivity index (χ1) is 24.1. The Labute approximate surface area is 286 Å². The summed E-state index contributed by atoms with van der Waals surface area (Å²) in [4.78, 5) is 6.89. The molecule has 13 nitrogen and oxygen atoms in total. The van der Waals surface area contributed by atoms with Crippen LogP contribution >= 0.6 is 0 Å². The maximum atomic E-state index is 10.1. The minimum absolute atomic E-state index is 0.280. The number of nitrogens with zero attached hydrogens (tertiary/aromatic N) is 6. The van der Waals surface area contributed by atoms with Gasteiger partial charge in [-0.2, -0.15) is 5.26 Å². The van der Waals surface area contributed by atoms with E-state index < -0.39 is 18.3 Å². The molecule has 0 bridgehead atoms. The predicted molar refractivity (Wildman–Crippen MR) is 184 cm³/mol. The first-order valence-corrected chi connectivity index (χ1v) is 17.1. The second-order valence-electron chi connectivity index (χ2n) is 12.4. The molecule has 0 saturated carbocycles. The van der Waals surface area contributed by atoms with Crippen LogP contribution in [0.4, 0.5) is 11.5 Å². The molecule has 0 aliphatic carbocycles. The third-order valence-corrected chi connectivity index (χ3v) is 8.93. The molecule has 2 saturated heterocycles. The first kappa shape index (κ1) is 34.7. The van der Waals surface area contributed by atoms with Crippen LogP contribution in [0.3, 0.4) is 0 Å². The van der Waals surface area contributed by atoms with Gasteiger partial charge in [0.05, 0.1) is 58.5 Å². The predicted octanol–water partition coefficient (Wildman–Crippen LogP) is 3.53. The Morgan fingerprint density at radius 1 is 0.939 bits per heavy atom. The van der Waals surface area contributed by atoms with Crippen molar-refractivity contribution in [3.05, 3.63) is 66.1 Å². The van der Waals surface area contributed by atoms with Gasteiger partial charge in [-0.25, -0.2) is 9.67 Å². The lowest BCUT2D eigenvalue weighted by Gasteiger charge is -2.31. The number of anilines is 2. The fourth-order valence-electron chi connectivity index (χ4n) is 6.25. The second kappa shape index (κ2) is 17.5. The van der Waals surface area contributed by atoms with Gasteiger partial charge in [0.1, 0.15) is 35.4 Å². The number of hydrogen-bond acceptors (Lipinski definition) is 12. The van der Waals surface area contributed by atoms with Crippen LogP contribution in [0.1, 0.15) is 36.9 Å². The fourth-order valence-corrected chi connectivity index (χ4v) is 6.25. The van der Waals surface area contributed by atoms with Crippen LogP contribution in [0, 0.1) is 11.3 Å².